The summed E-state index contributed by atoms with van der Waals surface area (Å²) < 4.78 is 10.2. The van der Waals surface area contributed by atoms with Crippen molar-refractivity contribution in [3.8, 4) is 5.75 Å². The monoisotopic (exact) mass is 383 g/mol. The van der Waals surface area contributed by atoms with Crippen LogP contribution in [0, 0.1) is 23.7 Å². The largest absolute Gasteiger partial charge is 0.497 e. The van der Waals surface area contributed by atoms with E-state index in [1.807, 2.05) is 12.2 Å². The fraction of sp³-hybridized carbons (Fsp3) is 0.429. The fourth-order valence-corrected chi connectivity index (χ4v) is 4.55. The summed E-state index contributed by atoms with van der Waals surface area (Å²) in [4.78, 5) is 51.2. The van der Waals surface area contributed by atoms with Gasteiger partial charge in [0.15, 0.2) is 12.4 Å². The molecule has 5 unspecified atom stereocenters. The van der Waals surface area contributed by atoms with Crippen molar-refractivity contribution in [3.63, 3.8) is 0 Å². The number of ketones is 1. The zero-order valence-electron chi connectivity index (χ0n) is 15.7. The Morgan fingerprint density at radius 1 is 1.14 bits per heavy atom. The number of nitrogens with zero attached hydrogens (tertiary/aromatic N) is 1. The second-order valence-corrected chi connectivity index (χ2v) is 7.49. The summed E-state index contributed by atoms with van der Waals surface area (Å²) in [5.41, 5.74) is 0.352. The van der Waals surface area contributed by atoms with E-state index in [4.69, 9.17) is 9.47 Å². The van der Waals surface area contributed by atoms with E-state index >= 15 is 0 Å². The number of carbonyl (C=O) groups excluding carboxylic acids is 4. The van der Waals surface area contributed by atoms with E-state index in [1.54, 1.807) is 24.3 Å². The third kappa shape index (κ3) is 2.82. The van der Waals surface area contributed by atoms with Crippen LogP contribution < -0.4 is 4.74 Å². The predicted octanol–water partition coefficient (Wildman–Crippen LogP) is 1.62. The van der Waals surface area contributed by atoms with Gasteiger partial charge in [0.2, 0.25) is 11.8 Å². The maximum Gasteiger partial charge on any atom is 0.329 e. The van der Waals surface area contributed by atoms with E-state index in [1.165, 1.54) is 14.0 Å². The van der Waals surface area contributed by atoms with Gasteiger partial charge in [0, 0.05) is 5.56 Å². The average Bonchev–Trinajstić information content (AvgIpc) is 3.39. The first-order valence-corrected chi connectivity index (χ1v) is 9.31. The van der Waals surface area contributed by atoms with Crippen molar-refractivity contribution in [1.82, 2.24) is 4.90 Å². The molecule has 1 heterocycles. The van der Waals surface area contributed by atoms with Crippen LogP contribution in [0.3, 0.4) is 0 Å². The molecule has 1 aliphatic heterocycles. The molecule has 2 aliphatic carbocycles. The number of fused-ring (bicyclic) bond motifs is 5. The third-order valence-corrected chi connectivity index (χ3v) is 5.97. The van der Waals surface area contributed by atoms with Gasteiger partial charge in [-0.1, -0.05) is 24.3 Å². The number of Topliss-reactive ketones (excluding diaryl/α,β-unsaturated/α-hetero) is 1. The number of methoxy groups -OCH3 is 1. The first kappa shape index (κ1) is 18.4. The molecule has 2 bridgehead atoms. The number of hydrogen-bond acceptors (Lipinski definition) is 6. The molecule has 1 saturated heterocycles. The quantitative estimate of drug-likeness (QED) is 0.321. The van der Waals surface area contributed by atoms with Crippen LogP contribution in [0.1, 0.15) is 23.7 Å². The zero-order valence-corrected chi connectivity index (χ0v) is 15.7. The molecule has 2 fully saturated rings. The maximum atomic E-state index is 12.7. The van der Waals surface area contributed by atoms with Crippen molar-refractivity contribution < 1.29 is 28.7 Å². The van der Waals surface area contributed by atoms with Crippen molar-refractivity contribution in [3.05, 3.63) is 42.0 Å². The number of amides is 2. The standard InChI is InChI=1S/C21H21NO6/c1-11(21(26)28-10-16(23)12-4-3-5-15(9-12)27-2)22-19(24)17-13-6-7-14(8-13)18(17)20(22)25/h3-7,9,11,13-14,17-18H,8,10H2,1-2H3. The van der Waals surface area contributed by atoms with Gasteiger partial charge in [-0.15, -0.1) is 0 Å². The summed E-state index contributed by atoms with van der Waals surface area (Å²) >= 11 is 0. The van der Waals surface area contributed by atoms with Crippen LogP contribution in [-0.4, -0.2) is 48.2 Å². The van der Waals surface area contributed by atoms with Crippen molar-refractivity contribution >= 4 is 23.6 Å². The summed E-state index contributed by atoms with van der Waals surface area (Å²) in [6.07, 6.45) is 4.82. The molecule has 4 rings (SSSR count). The summed E-state index contributed by atoms with van der Waals surface area (Å²) in [5.74, 6) is -1.83. The number of hydrogen-bond donors (Lipinski definition) is 0. The lowest BCUT2D eigenvalue weighted by Gasteiger charge is -2.23. The number of imide groups is 1. The molecule has 0 aromatic heterocycles. The van der Waals surface area contributed by atoms with Gasteiger partial charge in [0.1, 0.15) is 11.8 Å². The van der Waals surface area contributed by atoms with Gasteiger partial charge in [-0.2, -0.15) is 0 Å². The second-order valence-electron chi connectivity index (χ2n) is 7.49. The van der Waals surface area contributed by atoms with Crippen molar-refractivity contribution in [2.75, 3.05) is 13.7 Å². The Morgan fingerprint density at radius 2 is 1.79 bits per heavy atom. The molecule has 0 spiro atoms. The Balaban J connectivity index is 1.39. The molecule has 1 aromatic rings. The Hall–Kier alpha value is -2.96. The highest BCUT2D eigenvalue weighted by Crippen LogP contribution is 2.52. The van der Waals surface area contributed by atoms with Crippen LogP contribution in [0.25, 0.3) is 0 Å². The van der Waals surface area contributed by atoms with Crippen LogP contribution in [0.15, 0.2) is 36.4 Å². The first-order chi connectivity index (χ1) is 13.4. The van der Waals surface area contributed by atoms with Crippen molar-refractivity contribution in [1.29, 1.82) is 0 Å². The van der Waals surface area contributed by atoms with Gasteiger partial charge in [0.05, 0.1) is 18.9 Å². The smallest absolute Gasteiger partial charge is 0.329 e. The van der Waals surface area contributed by atoms with E-state index in [0.717, 1.165) is 11.3 Å². The summed E-state index contributed by atoms with van der Waals surface area (Å²) in [6.45, 7) is 0.997. The van der Waals surface area contributed by atoms with Crippen molar-refractivity contribution in [2.45, 2.75) is 19.4 Å². The molecule has 5 atom stereocenters. The molecular weight excluding hydrogens is 362 g/mol. The third-order valence-electron chi connectivity index (χ3n) is 5.97. The minimum atomic E-state index is -1.05. The van der Waals surface area contributed by atoms with Crippen LogP contribution in [0.5, 0.6) is 5.75 Å². The molecule has 1 saturated carbocycles. The summed E-state index contributed by atoms with van der Waals surface area (Å²) in [6, 6.07) is 5.47. The second kappa shape index (κ2) is 6.89. The van der Waals surface area contributed by atoms with Gasteiger partial charge in [-0.3, -0.25) is 19.3 Å². The van der Waals surface area contributed by atoms with Gasteiger partial charge in [-0.25, -0.2) is 4.79 Å². The Bertz CT molecular complexity index is 861. The van der Waals surface area contributed by atoms with Gasteiger partial charge >= 0.3 is 5.97 Å². The molecule has 3 aliphatic rings. The number of benzene rings is 1. The highest BCUT2D eigenvalue weighted by atomic mass is 16.5. The Kier molecular flexibility index (Phi) is 4.53. The Morgan fingerprint density at radius 3 is 2.39 bits per heavy atom. The number of likely N-dealkylation sites (tertiary alicyclic amines) is 1. The lowest BCUT2D eigenvalue weighted by Crippen LogP contribution is -2.45. The number of ether oxygens (including phenoxy) is 2. The minimum absolute atomic E-state index is 0.0781. The molecule has 146 valence electrons. The fourth-order valence-electron chi connectivity index (χ4n) is 4.55. The number of rotatable bonds is 6. The van der Waals surface area contributed by atoms with E-state index in [2.05, 4.69) is 0 Å². The average molecular weight is 383 g/mol. The maximum absolute atomic E-state index is 12.7. The predicted molar refractivity (Wildman–Crippen MR) is 97.3 cm³/mol. The number of allylic oxidation sites excluding steroid dienone is 2. The van der Waals surface area contributed by atoms with Crippen molar-refractivity contribution in [2.24, 2.45) is 23.7 Å². The highest BCUT2D eigenvalue weighted by Gasteiger charge is 2.60. The van der Waals surface area contributed by atoms with Gasteiger partial charge < -0.3 is 9.47 Å². The van der Waals surface area contributed by atoms with E-state index in [9.17, 15) is 19.2 Å². The molecule has 0 N–H and O–H groups in total. The molecule has 7 heteroatoms. The Labute approximate surface area is 162 Å². The topological polar surface area (TPSA) is 90.0 Å². The lowest BCUT2D eigenvalue weighted by atomic mass is 9.85. The minimum Gasteiger partial charge on any atom is -0.497 e. The highest BCUT2D eigenvalue weighted by molar-refractivity contribution is 6.09. The van der Waals surface area contributed by atoms with Gasteiger partial charge in [-0.05, 0) is 37.3 Å². The molecular formula is C21H21NO6. The van der Waals surface area contributed by atoms with Crippen LogP contribution in [0.4, 0.5) is 0 Å². The van der Waals surface area contributed by atoms with Crippen LogP contribution >= 0.6 is 0 Å². The molecule has 2 amide bonds. The lowest BCUT2D eigenvalue weighted by molar-refractivity contribution is -0.157. The van der Waals surface area contributed by atoms with E-state index in [0.29, 0.717) is 11.3 Å². The first-order valence-electron chi connectivity index (χ1n) is 9.31. The normalized spacial score (nSPS) is 28.4. The van der Waals surface area contributed by atoms with Gasteiger partial charge in [0.25, 0.3) is 0 Å². The number of carbonyl (C=O) groups is 4. The summed E-state index contributed by atoms with van der Waals surface area (Å²) in [7, 11) is 1.49. The van der Waals surface area contributed by atoms with Crippen LogP contribution in [0.2, 0.25) is 0 Å². The number of esters is 1. The summed E-state index contributed by atoms with van der Waals surface area (Å²) in [5, 5.41) is 0. The van der Waals surface area contributed by atoms with Crippen LogP contribution in [-0.2, 0) is 19.1 Å². The SMILES string of the molecule is COc1cccc(C(=O)COC(=O)C(C)N2C(=O)C3C4C=CC(C4)C3C2=O)c1. The molecule has 0 radical (unpaired) electrons. The van der Waals surface area contributed by atoms with E-state index < -0.39 is 24.4 Å². The zero-order chi connectivity index (χ0) is 20.0. The molecule has 1 aromatic carbocycles. The molecule has 7 nitrogen and oxygen atoms in total. The van der Waals surface area contributed by atoms with E-state index in [-0.39, 0.29) is 35.5 Å². The molecule has 28 heavy (non-hydrogen) atoms.